The average Bonchev–Trinajstić information content (AvgIpc) is 2.86. The van der Waals surface area contributed by atoms with E-state index in [1.54, 1.807) is 12.1 Å². The third kappa shape index (κ3) is 6.33. The molecule has 1 aliphatic rings. The molecule has 1 aliphatic heterocycles. The van der Waals surface area contributed by atoms with E-state index in [4.69, 9.17) is 0 Å². The quantitative estimate of drug-likeness (QED) is 0.415. The number of halogens is 1. The Bertz CT molecular complexity index is 1110. The van der Waals surface area contributed by atoms with Gasteiger partial charge in [-0.25, -0.2) is 0 Å². The fraction of sp³-hybridized carbons (Fsp3) is 0.286. The van der Waals surface area contributed by atoms with Crippen LogP contribution in [0.1, 0.15) is 47.3 Å². The third-order valence-corrected chi connectivity index (χ3v) is 6.88. The first kappa shape index (κ1) is 24.2. The molecule has 6 heteroatoms. The molecule has 3 aromatic carbocycles. The van der Waals surface area contributed by atoms with Crippen molar-refractivity contribution in [3.8, 4) is 0 Å². The first-order chi connectivity index (χ1) is 16.5. The number of benzene rings is 3. The number of anilines is 1. The van der Waals surface area contributed by atoms with Gasteiger partial charge in [0.25, 0.3) is 5.91 Å². The van der Waals surface area contributed by atoms with E-state index in [0.717, 1.165) is 42.5 Å². The van der Waals surface area contributed by atoms with Gasteiger partial charge >= 0.3 is 0 Å². The van der Waals surface area contributed by atoms with Gasteiger partial charge in [-0.05, 0) is 68.2 Å². The monoisotopic (exact) mass is 519 g/mol. The maximum absolute atomic E-state index is 13.0. The zero-order valence-corrected chi connectivity index (χ0v) is 20.9. The molecule has 0 radical (unpaired) electrons. The summed E-state index contributed by atoms with van der Waals surface area (Å²) in [6, 6.07) is 25.3. The Kier molecular flexibility index (Phi) is 8.14. The molecule has 34 heavy (non-hydrogen) atoms. The SMILES string of the molecule is CC(NC(=O)c1ccccc1NC(=O)C1CCN(Cc2ccc(Br)cc2)CC1)c1ccccc1. The van der Waals surface area contributed by atoms with Crippen LogP contribution in [0.2, 0.25) is 0 Å². The normalized spacial score (nSPS) is 15.5. The second-order valence-corrected chi connectivity index (χ2v) is 9.73. The largest absolute Gasteiger partial charge is 0.345 e. The molecule has 5 nitrogen and oxygen atoms in total. The zero-order chi connectivity index (χ0) is 23.9. The lowest BCUT2D eigenvalue weighted by Crippen LogP contribution is -2.38. The van der Waals surface area contributed by atoms with Crippen LogP contribution in [0.25, 0.3) is 0 Å². The van der Waals surface area contributed by atoms with Gasteiger partial charge in [0.05, 0.1) is 17.3 Å². The van der Waals surface area contributed by atoms with Crippen LogP contribution in [0.4, 0.5) is 5.69 Å². The van der Waals surface area contributed by atoms with Crippen molar-refractivity contribution >= 4 is 33.4 Å². The molecule has 2 N–H and O–H groups in total. The van der Waals surface area contributed by atoms with Crippen LogP contribution in [0, 0.1) is 5.92 Å². The van der Waals surface area contributed by atoms with E-state index >= 15 is 0 Å². The lowest BCUT2D eigenvalue weighted by molar-refractivity contribution is -0.121. The molecule has 1 fully saturated rings. The minimum atomic E-state index is -0.198. The van der Waals surface area contributed by atoms with Crippen LogP contribution in [-0.4, -0.2) is 29.8 Å². The lowest BCUT2D eigenvalue weighted by Gasteiger charge is -2.31. The number of hydrogen-bond acceptors (Lipinski definition) is 3. The molecule has 1 saturated heterocycles. The van der Waals surface area contributed by atoms with E-state index in [-0.39, 0.29) is 23.8 Å². The molecule has 0 aliphatic carbocycles. The van der Waals surface area contributed by atoms with E-state index in [2.05, 4.69) is 55.7 Å². The minimum absolute atomic E-state index is 0.0142. The standard InChI is InChI=1S/C28H30BrN3O2/c1-20(22-7-3-2-4-8-22)30-28(34)25-9-5-6-10-26(25)31-27(33)23-15-17-32(18-16-23)19-21-11-13-24(29)14-12-21/h2-14,20,23H,15-19H2,1H3,(H,30,34)(H,31,33). The summed E-state index contributed by atoms with van der Waals surface area (Å²) in [6.07, 6.45) is 1.61. The smallest absolute Gasteiger partial charge is 0.253 e. The number of rotatable bonds is 7. The van der Waals surface area contributed by atoms with Gasteiger partial charge in [-0.3, -0.25) is 14.5 Å². The summed E-state index contributed by atoms with van der Waals surface area (Å²) in [7, 11) is 0. The third-order valence-electron chi connectivity index (χ3n) is 6.35. The number of likely N-dealkylation sites (tertiary alicyclic amines) is 1. The highest BCUT2D eigenvalue weighted by molar-refractivity contribution is 9.10. The summed E-state index contributed by atoms with van der Waals surface area (Å²) in [5.74, 6) is -0.267. The van der Waals surface area contributed by atoms with Gasteiger partial charge in [0, 0.05) is 16.9 Å². The van der Waals surface area contributed by atoms with E-state index in [1.807, 2.05) is 49.4 Å². The maximum atomic E-state index is 13.0. The fourth-order valence-electron chi connectivity index (χ4n) is 4.33. The van der Waals surface area contributed by atoms with Gasteiger partial charge in [-0.2, -0.15) is 0 Å². The molecule has 3 aromatic rings. The summed E-state index contributed by atoms with van der Waals surface area (Å²) in [6.45, 7) is 4.61. The molecule has 0 bridgehead atoms. The molecule has 1 atom stereocenters. The molecule has 1 heterocycles. The Morgan fingerprint density at radius 3 is 2.29 bits per heavy atom. The molecule has 0 aromatic heterocycles. The van der Waals surface area contributed by atoms with E-state index in [1.165, 1.54) is 5.56 Å². The van der Waals surface area contributed by atoms with Crippen molar-refractivity contribution in [2.75, 3.05) is 18.4 Å². The second kappa shape index (κ2) is 11.4. The second-order valence-electron chi connectivity index (χ2n) is 8.82. The predicted molar refractivity (Wildman–Crippen MR) is 140 cm³/mol. The van der Waals surface area contributed by atoms with Gasteiger partial charge in [0.2, 0.25) is 5.91 Å². The number of carbonyl (C=O) groups is 2. The Balaban J connectivity index is 1.33. The molecule has 2 amide bonds. The van der Waals surface area contributed by atoms with Gasteiger partial charge < -0.3 is 10.6 Å². The highest BCUT2D eigenvalue weighted by Gasteiger charge is 2.26. The summed E-state index contributed by atoms with van der Waals surface area (Å²) >= 11 is 3.47. The minimum Gasteiger partial charge on any atom is -0.345 e. The average molecular weight is 520 g/mol. The molecule has 4 rings (SSSR count). The molecule has 0 spiro atoms. The molecular formula is C28H30BrN3O2. The summed E-state index contributed by atoms with van der Waals surface area (Å²) < 4.78 is 1.08. The maximum Gasteiger partial charge on any atom is 0.253 e. The summed E-state index contributed by atoms with van der Waals surface area (Å²) in [5.41, 5.74) is 3.34. The van der Waals surface area contributed by atoms with Crippen molar-refractivity contribution in [2.24, 2.45) is 5.92 Å². The van der Waals surface area contributed by atoms with Gasteiger partial charge in [-0.15, -0.1) is 0 Å². The van der Waals surface area contributed by atoms with Crippen molar-refractivity contribution in [1.82, 2.24) is 10.2 Å². The molecule has 176 valence electrons. The molecular weight excluding hydrogens is 490 g/mol. The number of hydrogen-bond donors (Lipinski definition) is 2. The van der Waals surface area contributed by atoms with Crippen LogP contribution in [0.3, 0.4) is 0 Å². The molecule has 0 saturated carbocycles. The van der Waals surface area contributed by atoms with E-state index in [0.29, 0.717) is 11.3 Å². The number of nitrogens with zero attached hydrogens (tertiary/aromatic N) is 1. The van der Waals surface area contributed by atoms with Gasteiger partial charge in [0.1, 0.15) is 0 Å². The van der Waals surface area contributed by atoms with Gasteiger partial charge in [-0.1, -0.05) is 70.5 Å². The van der Waals surface area contributed by atoms with E-state index in [9.17, 15) is 9.59 Å². The van der Waals surface area contributed by atoms with E-state index < -0.39 is 0 Å². The predicted octanol–water partition coefficient (Wildman–Crippen LogP) is 5.79. The number of para-hydroxylation sites is 1. The van der Waals surface area contributed by atoms with Crippen molar-refractivity contribution in [2.45, 2.75) is 32.4 Å². The zero-order valence-electron chi connectivity index (χ0n) is 19.3. The van der Waals surface area contributed by atoms with Crippen LogP contribution >= 0.6 is 15.9 Å². The first-order valence-corrected chi connectivity index (χ1v) is 12.5. The van der Waals surface area contributed by atoms with Gasteiger partial charge in [0.15, 0.2) is 0 Å². The highest BCUT2D eigenvalue weighted by Crippen LogP contribution is 2.23. The van der Waals surface area contributed by atoms with Crippen molar-refractivity contribution in [3.63, 3.8) is 0 Å². The lowest BCUT2D eigenvalue weighted by atomic mass is 9.95. The number of piperidine rings is 1. The van der Waals surface area contributed by atoms with Crippen LogP contribution in [0.15, 0.2) is 83.3 Å². The van der Waals surface area contributed by atoms with Crippen molar-refractivity contribution in [3.05, 3.63) is 100 Å². The molecule has 1 unspecified atom stereocenters. The number of amides is 2. The van der Waals surface area contributed by atoms with Crippen LogP contribution in [-0.2, 0) is 11.3 Å². The Morgan fingerprint density at radius 1 is 0.941 bits per heavy atom. The van der Waals surface area contributed by atoms with Crippen molar-refractivity contribution < 1.29 is 9.59 Å². The summed E-state index contributed by atoms with van der Waals surface area (Å²) in [4.78, 5) is 28.4. The van der Waals surface area contributed by atoms with Crippen molar-refractivity contribution in [1.29, 1.82) is 0 Å². The topological polar surface area (TPSA) is 61.4 Å². The highest BCUT2D eigenvalue weighted by atomic mass is 79.9. The summed E-state index contributed by atoms with van der Waals surface area (Å²) in [5, 5.41) is 6.06. The number of carbonyl (C=O) groups excluding carboxylic acids is 2. The Hall–Kier alpha value is -2.96. The first-order valence-electron chi connectivity index (χ1n) is 11.7. The van der Waals surface area contributed by atoms with Crippen LogP contribution < -0.4 is 10.6 Å². The Labute approximate surface area is 209 Å². The van der Waals surface area contributed by atoms with Crippen LogP contribution in [0.5, 0.6) is 0 Å². The number of nitrogens with one attached hydrogen (secondary N) is 2. The fourth-order valence-corrected chi connectivity index (χ4v) is 4.59. The Morgan fingerprint density at radius 2 is 1.59 bits per heavy atom.